The van der Waals surface area contributed by atoms with Gasteiger partial charge in [0, 0.05) is 11.7 Å². The van der Waals surface area contributed by atoms with Crippen LogP contribution in [0.4, 0.5) is 0 Å². The molecule has 1 heteroatoms. The average Bonchev–Trinajstić information content (AvgIpc) is 1.93. The van der Waals surface area contributed by atoms with Crippen LogP contribution in [-0.2, 0) is 0 Å². The van der Waals surface area contributed by atoms with Gasteiger partial charge >= 0.3 is 0 Å². The second-order valence-electron chi connectivity index (χ2n) is 3.88. The maximum absolute atomic E-state index is 3.86. The van der Waals surface area contributed by atoms with Crippen molar-refractivity contribution in [1.82, 2.24) is 5.32 Å². The lowest BCUT2D eigenvalue weighted by Crippen LogP contribution is -2.30. The van der Waals surface area contributed by atoms with Crippen molar-refractivity contribution in [2.45, 2.75) is 45.6 Å². The van der Waals surface area contributed by atoms with Crippen LogP contribution in [-0.4, -0.2) is 6.04 Å². The predicted molar refractivity (Wildman–Crippen MR) is 49.4 cm³/mol. The summed E-state index contributed by atoms with van der Waals surface area (Å²) in [5.41, 5.74) is 1.12. The van der Waals surface area contributed by atoms with Gasteiger partial charge in [-0.15, -0.1) is 0 Å². The summed E-state index contributed by atoms with van der Waals surface area (Å²) in [6, 6.07) is 0.712. The number of hydrogen-bond donors (Lipinski definition) is 1. The molecule has 0 aromatic carbocycles. The van der Waals surface area contributed by atoms with Crippen LogP contribution in [0.25, 0.3) is 0 Å². The van der Waals surface area contributed by atoms with Crippen LogP contribution in [0.2, 0.25) is 0 Å². The van der Waals surface area contributed by atoms with E-state index in [4.69, 9.17) is 0 Å². The molecule has 11 heavy (non-hydrogen) atoms. The fourth-order valence-corrected chi connectivity index (χ4v) is 1.75. The first-order valence-electron chi connectivity index (χ1n) is 4.60. The van der Waals surface area contributed by atoms with Crippen LogP contribution in [0, 0.1) is 5.92 Å². The van der Waals surface area contributed by atoms with E-state index in [1.807, 2.05) is 6.92 Å². The molecule has 1 aliphatic carbocycles. The Labute approximate surface area is 69.9 Å². The first kappa shape index (κ1) is 8.63. The van der Waals surface area contributed by atoms with Crippen LogP contribution >= 0.6 is 0 Å². The Hall–Kier alpha value is -0.460. The summed E-state index contributed by atoms with van der Waals surface area (Å²) in [5, 5.41) is 3.41. The van der Waals surface area contributed by atoms with Crippen LogP contribution in [0.15, 0.2) is 12.3 Å². The van der Waals surface area contributed by atoms with Crippen molar-refractivity contribution < 1.29 is 0 Å². The molecular weight excluding hydrogens is 134 g/mol. The van der Waals surface area contributed by atoms with Crippen LogP contribution < -0.4 is 5.32 Å². The minimum Gasteiger partial charge on any atom is -0.386 e. The molecule has 1 aliphatic rings. The average molecular weight is 153 g/mol. The monoisotopic (exact) mass is 153 g/mol. The standard InChI is InChI=1S/C10H19N/c1-8(2)11-10-6-4-9(3)5-7-10/h9-11H,1,4-7H2,2-3H3. The zero-order chi connectivity index (χ0) is 8.27. The topological polar surface area (TPSA) is 12.0 Å². The lowest BCUT2D eigenvalue weighted by atomic mass is 9.87. The highest BCUT2D eigenvalue weighted by molar-refractivity contribution is 4.90. The van der Waals surface area contributed by atoms with Gasteiger partial charge in [-0.2, -0.15) is 0 Å². The Balaban J connectivity index is 2.22. The number of allylic oxidation sites excluding steroid dienone is 1. The molecular formula is C10H19N. The van der Waals surface area contributed by atoms with Gasteiger partial charge in [0.15, 0.2) is 0 Å². The molecule has 0 unspecified atom stereocenters. The van der Waals surface area contributed by atoms with Gasteiger partial charge in [-0.1, -0.05) is 13.5 Å². The van der Waals surface area contributed by atoms with Crippen molar-refractivity contribution in [3.63, 3.8) is 0 Å². The van der Waals surface area contributed by atoms with Crippen molar-refractivity contribution in [2.24, 2.45) is 5.92 Å². The SMILES string of the molecule is C=C(C)NC1CCC(C)CC1. The maximum Gasteiger partial charge on any atom is 0.0258 e. The molecule has 0 radical (unpaired) electrons. The summed E-state index contributed by atoms with van der Waals surface area (Å²) in [6.45, 7) is 8.24. The summed E-state index contributed by atoms with van der Waals surface area (Å²) in [7, 11) is 0. The third kappa shape index (κ3) is 2.96. The molecule has 64 valence electrons. The van der Waals surface area contributed by atoms with Crippen LogP contribution in [0.5, 0.6) is 0 Å². The van der Waals surface area contributed by atoms with E-state index in [-0.39, 0.29) is 0 Å². The zero-order valence-corrected chi connectivity index (χ0v) is 7.69. The summed E-state index contributed by atoms with van der Waals surface area (Å²) >= 11 is 0. The van der Waals surface area contributed by atoms with E-state index in [0.29, 0.717) is 6.04 Å². The Morgan fingerprint density at radius 2 is 1.82 bits per heavy atom. The van der Waals surface area contributed by atoms with Gasteiger partial charge in [-0.25, -0.2) is 0 Å². The van der Waals surface area contributed by atoms with E-state index in [1.54, 1.807) is 0 Å². The van der Waals surface area contributed by atoms with Crippen molar-refractivity contribution in [3.05, 3.63) is 12.3 Å². The molecule has 0 spiro atoms. The molecule has 1 N–H and O–H groups in total. The van der Waals surface area contributed by atoms with Crippen molar-refractivity contribution in [3.8, 4) is 0 Å². The smallest absolute Gasteiger partial charge is 0.0258 e. The highest BCUT2D eigenvalue weighted by Gasteiger charge is 2.16. The highest BCUT2D eigenvalue weighted by Crippen LogP contribution is 2.23. The maximum atomic E-state index is 3.86. The van der Waals surface area contributed by atoms with Gasteiger partial charge in [0.2, 0.25) is 0 Å². The van der Waals surface area contributed by atoms with E-state index < -0.39 is 0 Å². The molecule has 1 rings (SSSR count). The molecule has 0 amide bonds. The van der Waals surface area contributed by atoms with Crippen molar-refractivity contribution >= 4 is 0 Å². The minimum atomic E-state index is 0.712. The summed E-state index contributed by atoms with van der Waals surface area (Å²) < 4.78 is 0. The number of rotatable bonds is 2. The van der Waals surface area contributed by atoms with Crippen molar-refractivity contribution in [1.29, 1.82) is 0 Å². The Bertz CT molecular complexity index is 132. The van der Waals surface area contributed by atoms with Gasteiger partial charge in [0.25, 0.3) is 0 Å². The summed E-state index contributed by atoms with van der Waals surface area (Å²) in [5.74, 6) is 0.943. The first-order chi connectivity index (χ1) is 5.18. The molecule has 0 aromatic rings. The Morgan fingerprint density at radius 1 is 1.27 bits per heavy atom. The van der Waals surface area contributed by atoms with E-state index in [9.17, 15) is 0 Å². The lowest BCUT2D eigenvalue weighted by Gasteiger charge is -2.27. The van der Waals surface area contributed by atoms with Gasteiger partial charge in [0.1, 0.15) is 0 Å². The second-order valence-corrected chi connectivity index (χ2v) is 3.88. The summed E-state index contributed by atoms with van der Waals surface area (Å²) in [4.78, 5) is 0. The molecule has 0 bridgehead atoms. The quantitative estimate of drug-likeness (QED) is 0.643. The summed E-state index contributed by atoms with van der Waals surface area (Å²) in [6.07, 6.45) is 5.41. The molecule has 0 aromatic heterocycles. The van der Waals surface area contributed by atoms with Crippen molar-refractivity contribution in [2.75, 3.05) is 0 Å². The molecule has 0 aliphatic heterocycles. The van der Waals surface area contributed by atoms with E-state index in [2.05, 4.69) is 18.8 Å². The molecule has 1 nitrogen and oxygen atoms in total. The van der Waals surface area contributed by atoms with Gasteiger partial charge < -0.3 is 5.32 Å². The van der Waals surface area contributed by atoms with Gasteiger partial charge in [-0.3, -0.25) is 0 Å². The van der Waals surface area contributed by atoms with Gasteiger partial charge in [0.05, 0.1) is 0 Å². The first-order valence-corrected chi connectivity index (χ1v) is 4.60. The molecule has 1 fully saturated rings. The fraction of sp³-hybridized carbons (Fsp3) is 0.800. The van der Waals surface area contributed by atoms with Gasteiger partial charge in [-0.05, 0) is 38.5 Å². The third-order valence-corrected chi connectivity index (χ3v) is 2.47. The Morgan fingerprint density at radius 3 is 2.27 bits per heavy atom. The third-order valence-electron chi connectivity index (χ3n) is 2.47. The number of nitrogens with one attached hydrogen (secondary N) is 1. The normalized spacial score (nSPS) is 31.5. The highest BCUT2D eigenvalue weighted by atomic mass is 14.9. The molecule has 0 saturated heterocycles. The lowest BCUT2D eigenvalue weighted by molar-refractivity contribution is 0.321. The molecule has 0 atom stereocenters. The molecule has 0 heterocycles. The zero-order valence-electron chi connectivity index (χ0n) is 7.69. The van der Waals surface area contributed by atoms with Crippen LogP contribution in [0.3, 0.4) is 0 Å². The minimum absolute atomic E-state index is 0.712. The van der Waals surface area contributed by atoms with E-state index in [0.717, 1.165) is 11.6 Å². The predicted octanol–water partition coefficient (Wildman–Crippen LogP) is 2.69. The molecule has 1 saturated carbocycles. The number of hydrogen-bond acceptors (Lipinski definition) is 1. The Kier molecular flexibility index (Phi) is 2.98. The largest absolute Gasteiger partial charge is 0.386 e. The van der Waals surface area contributed by atoms with E-state index >= 15 is 0 Å². The second kappa shape index (κ2) is 3.80. The fourth-order valence-electron chi connectivity index (χ4n) is 1.75. The van der Waals surface area contributed by atoms with E-state index in [1.165, 1.54) is 25.7 Å². The van der Waals surface area contributed by atoms with Crippen LogP contribution in [0.1, 0.15) is 39.5 Å².